The molecule has 0 atom stereocenters. The summed E-state index contributed by atoms with van der Waals surface area (Å²) >= 11 is 11.6. The largest absolute Gasteiger partial charge is 0.480 e. The third-order valence-corrected chi connectivity index (χ3v) is 4.33. The predicted octanol–water partition coefficient (Wildman–Crippen LogP) is 1.85. The lowest BCUT2D eigenvalue weighted by Crippen LogP contribution is -2.60. The molecule has 3 N–H and O–H groups in total. The van der Waals surface area contributed by atoms with E-state index in [1.165, 1.54) is 18.2 Å². The van der Waals surface area contributed by atoms with Gasteiger partial charge in [0.1, 0.15) is 5.54 Å². The van der Waals surface area contributed by atoms with Crippen LogP contribution in [0.25, 0.3) is 0 Å². The maximum atomic E-state index is 11.9. The molecular formula is C14H14Cl2N2O4. The highest BCUT2D eigenvalue weighted by Crippen LogP contribution is 2.31. The third kappa shape index (κ3) is 3.51. The number of carboxylic acids is 1. The van der Waals surface area contributed by atoms with E-state index in [-0.39, 0.29) is 17.1 Å². The zero-order valence-corrected chi connectivity index (χ0v) is 13.0. The molecule has 1 aromatic rings. The summed E-state index contributed by atoms with van der Waals surface area (Å²) in [6.07, 6.45) is 1.55. The minimum Gasteiger partial charge on any atom is -0.480 e. The molecule has 0 heterocycles. The standard InChI is InChI=1S/C14H14Cl2N2O4/c15-9-3-2-8(6-10(9)16)12(20)17-7-11(19)18-14(13(21)22)4-1-5-14/h2-3,6H,1,4-5,7H2,(H,17,20)(H,18,19)(H,21,22). The SMILES string of the molecule is O=C(CNC(=O)c1ccc(Cl)c(Cl)c1)NC1(C(=O)O)CCC1. The van der Waals surface area contributed by atoms with Crippen molar-refractivity contribution in [2.45, 2.75) is 24.8 Å². The predicted molar refractivity (Wildman–Crippen MR) is 81.2 cm³/mol. The van der Waals surface area contributed by atoms with Crippen molar-refractivity contribution in [1.82, 2.24) is 10.6 Å². The first kappa shape index (κ1) is 16.6. The van der Waals surface area contributed by atoms with Gasteiger partial charge in [-0.2, -0.15) is 0 Å². The molecule has 22 heavy (non-hydrogen) atoms. The van der Waals surface area contributed by atoms with Crippen molar-refractivity contribution in [1.29, 1.82) is 0 Å². The Balaban J connectivity index is 1.89. The van der Waals surface area contributed by atoms with E-state index in [0.29, 0.717) is 17.9 Å². The van der Waals surface area contributed by atoms with Crippen molar-refractivity contribution in [3.8, 4) is 0 Å². The van der Waals surface area contributed by atoms with Gasteiger partial charge in [-0.1, -0.05) is 23.2 Å². The topological polar surface area (TPSA) is 95.5 Å². The Bertz CT molecular complexity index is 629. The second-order valence-electron chi connectivity index (χ2n) is 5.10. The van der Waals surface area contributed by atoms with Gasteiger partial charge >= 0.3 is 5.97 Å². The highest BCUT2D eigenvalue weighted by atomic mass is 35.5. The number of halogens is 2. The van der Waals surface area contributed by atoms with Gasteiger partial charge in [0, 0.05) is 5.56 Å². The number of hydrogen-bond donors (Lipinski definition) is 3. The Morgan fingerprint density at radius 1 is 1.18 bits per heavy atom. The van der Waals surface area contributed by atoms with Gasteiger partial charge in [0.05, 0.1) is 16.6 Å². The molecule has 0 saturated heterocycles. The van der Waals surface area contributed by atoms with E-state index < -0.39 is 23.3 Å². The van der Waals surface area contributed by atoms with Crippen LogP contribution in [0.15, 0.2) is 18.2 Å². The van der Waals surface area contributed by atoms with Crippen LogP contribution in [0, 0.1) is 0 Å². The van der Waals surface area contributed by atoms with Gasteiger partial charge in [-0.05, 0) is 37.5 Å². The summed E-state index contributed by atoms with van der Waals surface area (Å²) in [5.41, 5.74) is -0.926. The molecule has 0 spiro atoms. The maximum Gasteiger partial charge on any atom is 0.329 e. The number of nitrogens with one attached hydrogen (secondary N) is 2. The zero-order valence-electron chi connectivity index (χ0n) is 11.5. The fourth-order valence-electron chi connectivity index (χ4n) is 2.13. The molecule has 1 fully saturated rings. The second-order valence-corrected chi connectivity index (χ2v) is 5.91. The molecule has 1 aliphatic rings. The fourth-order valence-corrected chi connectivity index (χ4v) is 2.43. The summed E-state index contributed by atoms with van der Waals surface area (Å²) in [5.74, 6) is -2.09. The van der Waals surface area contributed by atoms with Gasteiger partial charge in [0.2, 0.25) is 5.91 Å². The van der Waals surface area contributed by atoms with E-state index >= 15 is 0 Å². The van der Waals surface area contributed by atoms with Crippen LogP contribution >= 0.6 is 23.2 Å². The Morgan fingerprint density at radius 2 is 1.86 bits per heavy atom. The van der Waals surface area contributed by atoms with Crippen molar-refractivity contribution in [2.75, 3.05) is 6.54 Å². The molecule has 0 unspecified atom stereocenters. The molecule has 0 radical (unpaired) electrons. The van der Waals surface area contributed by atoms with E-state index in [4.69, 9.17) is 28.3 Å². The smallest absolute Gasteiger partial charge is 0.329 e. The van der Waals surface area contributed by atoms with Crippen LogP contribution in [0.1, 0.15) is 29.6 Å². The first-order valence-corrected chi connectivity index (χ1v) is 7.37. The molecule has 1 saturated carbocycles. The minimum absolute atomic E-state index is 0.234. The summed E-state index contributed by atoms with van der Waals surface area (Å²) in [4.78, 5) is 34.8. The molecule has 1 aliphatic carbocycles. The average Bonchev–Trinajstić information content (AvgIpc) is 2.42. The molecule has 2 rings (SSSR count). The molecule has 118 valence electrons. The quantitative estimate of drug-likeness (QED) is 0.759. The Labute approximate surface area is 136 Å². The van der Waals surface area contributed by atoms with Crippen molar-refractivity contribution in [2.24, 2.45) is 0 Å². The van der Waals surface area contributed by atoms with Gasteiger partial charge in [-0.25, -0.2) is 4.79 Å². The number of rotatable bonds is 5. The van der Waals surface area contributed by atoms with E-state index in [9.17, 15) is 14.4 Å². The molecule has 0 aromatic heterocycles. The minimum atomic E-state index is -1.19. The van der Waals surface area contributed by atoms with E-state index in [0.717, 1.165) is 6.42 Å². The monoisotopic (exact) mass is 344 g/mol. The summed E-state index contributed by atoms with van der Waals surface area (Å²) in [6.45, 7) is -0.311. The highest BCUT2D eigenvalue weighted by molar-refractivity contribution is 6.42. The number of carbonyl (C=O) groups excluding carboxylic acids is 2. The number of carbonyl (C=O) groups is 3. The summed E-state index contributed by atoms with van der Waals surface area (Å²) < 4.78 is 0. The summed E-state index contributed by atoms with van der Waals surface area (Å²) in [5, 5.41) is 14.5. The van der Waals surface area contributed by atoms with Gasteiger partial charge in [-0.3, -0.25) is 9.59 Å². The van der Waals surface area contributed by atoms with Crippen LogP contribution < -0.4 is 10.6 Å². The lowest BCUT2D eigenvalue weighted by atomic mass is 9.77. The van der Waals surface area contributed by atoms with Gasteiger partial charge in [0.25, 0.3) is 5.91 Å². The molecule has 0 aliphatic heterocycles. The van der Waals surface area contributed by atoms with Crippen LogP contribution in [-0.4, -0.2) is 35.0 Å². The molecule has 6 nitrogen and oxygen atoms in total. The second kappa shape index (κ2) is 6.54. The first-order chi connectivity index (χ1) is 10.3. The molecule has 1 aromatic carbocycles. The first-order valence-electron chi connectivity index (χ1n) is 6.62. The third-order valence-electron chi connectivity index (χ3n) is 3.59. The van der Waals surface area contributed by atoms with Crippen LogP contribution in [0.2, 0.25) is 10.0 Å². The van der Waals surface area contributed by atoms with E-state index in [1.807, 2.05) is 0 Å². The summed E-state index contributed by atoms with van der Waals surface area (Å²) in [6, 6.07) is 4.35. The van der Waals surface area contributed by atoms with Crippen LogP contribution in [0.5, 0.6) is 0 Å². The van der Waals surface area contributed by atoms with E-state index in [2.05, 4.69) is 10.6 Å². The van der Waals surface area contributed by atoms with Crippen molar-refractivity contribution in [3.63, 3.8) is 0 Å². The summed E-state index contributed by atoms with van der Waals surface area (Å²) in [7, 11) is 0. The molecule has 0 bridgehead atoms. The van der Waals surface area contributed by atoms with Crippen molar-refractivity contribution in [3.05, 3.63) is 33.8 Å². The zero-order chi connectivity index (χ0) is 16.3. The van der Waals surface area contributed by atoms with Gasteiger partial charge < -0.3 is 15.7 Å². The number of benzene rings is 1. The van der Waals surface area contributed by atoms with Gasteiger partial charge in [-0.15, -0.1) is 0 Å². The van der Waals surface area contributed by atoms with E-state index in [1.54, 1.807) is 0 Å². The highest BCUT2D eigenvalue weighted by Gasteiger charge is 2.45. The molecule has 2 amide bonds. The molecular weight excluding hydrogens is 331 g/mol. The normalized spacial score (nSPS) is 15.5. The molecule has 8 heteroatoms. The van der Waals surface area contributed by atoms with Crippen molar-refractivity contribution < 1.29 is 19.5 Å². The Kier molecular flexibility index (Phi) is 4.93. The Hall–Kier alpha value is -1.79. The van der Waals surface area contributed by atoms with Crippen LogP contribution in [-0.2, 0) is 9.59 Å². The van der Waals surface area contributed by atoms with Crippen LogP contribution in [0.3, 0.4) is 0 Å². The maximum absolute atomic E-state index is 11.9. The number of aliphatic carboxylic acids is 1. The fraction of sp³-hybridized carbons (Fsp3) is 0.357. The van der Waals surface area contributed by atoms with Crippen LogP contribution in [0.4, 0.5) is 0 Å². The van der Waals surface area contributed by atoms with Crippen molar-refractivity contribution >= 4 is 41.0 Å². The lowest BCUT2D eigenvalue weighted by Gasteiger charge is -2.38. The Morgan fingerprint density at radius 3 is 2.36 bits per heavy atom. The average molecular weight is 345 g/mol. The number of carboxylic acid groups (broad SMARTS) is 1. The lowest BCUT2D eigenvalue weighted by molar-refractivity contribution is -0.151. The number of amides is 2. The van der Waals surface area contributed by atoms with Gasteiger partial charge in [0.15, 0.2) is 0 Å². The number of hydrogen-bond acceptors (Lipinski definition) is 3.